The highest BCUT2D eigenvalue weighted by molar-refractivity contribution is 9.10. The van der Waals surface area contributed by atoms with Gasteiger partial charge in [-0.15, -0.1) is 0 Å². The predicted molar refractivity (Wildman–Crippen MR) is 113 cm³/mol. The first kappa shape index (κ1) is 20.2. The van der Waals surface area contributed by atoms with E-state index in [2.05, 4.69) is 21.2 Å². The van der Waals surface area contributed by atoms with Gasteiger partial charge < -0.3 is 9.88 Å². The van der Waals surface area contributed by atoms with E-state index in [-0.39, 0.29) is 17.5 Å². The van der Waals surface area contributed by atoms with Gasteiger partial charge in [0.15, 0.2) is 0 Å². The first-order chi connectivity index (χ1) is 12.8. The third kappa shape index (κ3) is 4.14. The first-order valence-electron chi connectivity index (χ1n) is 9.31. The van der Waals surface area contributed by atoms with Gasteiger partial charge in [-0.2, -0.15) is 0 Å². The van der Waals surface area contributed by atoms with Crippen molar-refractivity contribution in [1.29, 1.82) is 0 Å². The molecule has 1 aliphatic carbocycles. The molecule has 3 rings (SSSR count). The molecule has 2 aromatic rings. The first-order valence-corrected chi connectivity index (χ1v) is 10.5. The third-order valence-electron chi connectivity index (χ3n) is 5.19. The Balaban J connectivity index is 1.97. The minimum atomic E-state index is -0.137. The molecule has 1 aromatic heterocycles. The summed E-state index contributed by atoms with van der Waals surface area (Å²) in [7, 11) is 0. The average molecular weight is 452 g/mol. The summed E-state index contributed by atoms with van der Waals surface area (Å²) >= 11 is 9.39. The second-order valence-electron chi connectivity index (χ2n) is 7.20. The van der Waals surface area contributed by atoms with E-state index in [1.54, 1.807) is 4.57 Å². The SMILES string of the molecule is CCCn1c(C)c(C(=O)N[C@H](c2ccc(Cl)cc2)C2CC2)c(C)c(Br)c1=O. The molecular weight excluding hydrogens is 428 g/mol. The third-order valence-corrected chi connectivity index (χ3v) is 6.37. The van der Waals surface area contributed by atoms with Crippen molar-refractivity contribution in [3.8, 4) is 0 Å². The summed E-state index contributed by atoms with van der Waals surface area (Å²) in [5, 5.41) is 3.89. The van der Waals surface area contributed by atoms with Crippen LogP contribution in [0, 0.1) is 19.8 Å². The number of halogens is 2. The molecule has 0 bridgehead atoms. The van der Waals surface area contributed by atoms with Crippen molar-refractivity contribution in [1.82, 2.24) is 9.88 Å². The molecule has 1 N–H and O–H groups in total. The number of nitrogens with one attached hydrogen (secondary N) is 1. The molecule has 4 nitrogen and oxygen atoms in total. The van der Waals surface area contributed by atoms with Gasteiger partial charge in [0.1, 0.15) is 0 Å². The fourth-order valence-corrected chi connectivity index (χ4v) is 4.10. The minimum Gasteiger partial charge on any atom is -0.345 e. The second kappa shape index (κ2) is 8.19. The van der Waals surface area contributed by atoms with Crippen molar-refractivity contribution in [2.24, 2.45) is 5.92 Å². The number of amides is 1. The Labute approximate surface area is 173 Å². The number of carbonyl (C=O) groups is 1. The molecule has 0 radical (unpaired) electrons. The maximum Gasteiger partial charge on any atom is 0.265 e. The summed E-state index contributed by atoms with van der Waals surface area (Å²) in [5.74, 6) is 0.308. The lowest BCUT2D eigenvalue weighted by atomic mass is 10.0. The summed E-state index contributed by atoms with van der Waals surface area (Å²) in [5.41, 5.74) is 2.96. The van der Waals surface area contributed by atoms with Gasteiger partial charge in [-0.05, 0) is 78.2 Å². The van der Waals surface area contributed by atoms with Crippen LogP contribution in [0.4, 0.5) is 0 Å². The fourth-order valence-electron chi connectivity index (χ4n) is 3.56. The normalized spacial score (nSPS) is 14.9. The van der Waals surface area contributed by atoms with Gasteiger partial charge >= 0.3 is 0 Å². The summed E-state index contributed by atoms with van der Waals surface area (Å²) in [6, 6.07) is 7.61. The van der Waals surface area contributed by atoms with Crippen molar-refractivity contribution in [2.45, 2.75) is 52.6 Å². The Hall–Kier alpha value is -1.59. The van der Waals surface area contributed by atoms with Crippen LogP contribution >= 0.6 is 27.5 Å². The van der Waals surface area contributed by atoms with E-state index in [1.165, 1.54) is 0 Å². The zero-order chi connectivity index (χ0) is 19.7. The fraction of sp³-hybridized carbons (Fsp3) is 0.429. The number of pyridine rings is 1. The van der Waals surface area contributed by atoms with Crippen molar-refractivity contribution in [2.75, 3.05) is 0 Å². The number of hydrogen-bond acceptors (Lipinski definition) is 2. The summed E-state index contributed by atoms with van der Waals surface area (Å²) in [4.78, 5) is 25.8. The smallest absolute Gasteiger partial charge is 0.265 e. The number of rotatable bonds is 6. The lowest BCUT2D eigenvalue weighted by Gasteiger charge is -2.22. The molecule has 27 heavy (non-hydrogen) atoms. The lowest BCUT2D eigenvalue weighted by Crippen LogP contribution is -2.34. The van der Waals surface area contributed by atoms with Gasteiger partial charge in [-0.1, -0.05) is 30.7 Å². The quantitative estimate of drug-likeness (QED) is 0.658. The van der Waals surface area contributed by atoms with Crippen LogP contribution in [0.5, 0.6) is 0 Å². The molecule has 1 amide bonds. The van der Waals surface area contributed by atoms with E-state index in [0.29, 0.717) is 38.8 Å². The Bertz CT molecular complexity index is 917. The Kier molecular flexibility index (Phi) is 6.11. The van der Waals surface area contributed by atoms with E-state index in [9.17, 15) is 9.59 Å². The number of benzene rings is 1. The molecule has 0 saturated heterocycles. The Morgan fingerprint density at radius 2 is 1.93 bits per heavy atom. The number of hydrogen-bond donors (Lipinski definition) is 1. The molecule has 1 saturated carbocycles. The van der Waals surface area contributed by atoms with E-state index in [0.717, 1.165) is 24.8 Å². The van der Waals surface area contributed by atoms with E-state index < -0.39 is 0 Å². The number of aromatic nitrogens is 1. The van der Waals surface area contributed by atoms with Crippen molar-refractivity contribution < 1.29 is 4.79 Å². The molecular formula is C21H24BrClN2O2. The summed E-state index contributed by atoms with van der Waals surface area (Å²) in [6.45, 7) is 6.27. The van der Waals surface area contributed by atoms with Crippen molar-refractivity contribution in [3.05, 3.63) is 66.5 Å². The zero-order valence-corrected chi connectivity index (χ0v) is 18.2. The number of carbonyl (C=O) groups excluding carboxylic acids is 1. The molecule has 6 heteroatoms. The molecule has 1 aromatic carbocycles. The van der Waals surface area contributed by atoms with Crippen LogP contribution in [0.1, 0.15) is 59.4 Å². The zero-order valence-electron chi connectivity index (χ0n) is 15.8. The maximum atomic E-state index is 13.2. The molecule has 1 atom stereocenters. The second-order valence-corrected chi connectivity index (χ2v) is 8.43. The highest BCUT2D eigenvalue weighted by Crippen LogP contribution is 2.41. The topological polar surface area (TPSA) is 51.1 Å². The highest BCUT2D eigenvalue weighted by Gasteiger charge is 2.34. The monoisotopic (exact) mass is 450 g/mol. The summed E-state index contributed by atoms with van der Waals surface area (Å²) in [6.07, 6.45) is 3.03. The van der Waals surface area contributed by atoms with Crippen LogP contribution in [-0.4, -0.2) is 10.5 Å². The van der Waals surface area contributed by atoms with Gasteiger partial charge in [0.05, 0.1) is 16.1 Å². The standard InChI is InChI=1S/C21H24BrClN2O2/c1-4-11-25-13(3)17(12(2)18(22)21(25)27)20(26)24-19(14-5-6-14)15-7-9-16(23)10-8-15/h7-10,14,19H,4-6,11H2,1-3H3,(H,24,26)/t19-/m0/s1. The van der Waals surface area contributed by atoms with Gasteiger partial charge in [0.25, 0.3) is 11.5 Å². The Morgan fingerprint density at radius 3 is 2.48 bits per heavy atom. The molecule has 1 fully saturated rings. The largest absolute Gasteiger partial charge is 0.345 e. The predicted octanol–water partition coefficient (Wildman–Crippen LogP) is 5.17. The van der Waals surface area contributed by atoms with Crippen LogP contribution in [0.2, 0.25) is 5.02 Å². The number of nitrogens with zero attached hydrogens (tertiary/aromatic N) is 1. The van der Waals surface area contributed by atoms with Crippen molar-refractivity contribution in [3.63, 3.8) is 0 Å². The summed E-state index contributed by atoms with van der Waals surface area (Å²) < 4.78 is 2.14. The van der Waals surface area contributed by atoms with Gasteiger partial charge in [0, 0.05) is 17.3 Å². The van der Waals surface area contributed by atoms with Crippen molar-refractivity contribution >= 4 is 33.4 Å². The molecule has 1 heterocycles. The Morgan fingerprint density at radius 1 is 1.30 bits per heavy atom. The van der Waals surface area contributed by atoms with Crippen LogP contribution in [-0.2, 0) is 6.54 Å². The van der Waals surface area contributed by atoms with Gasteiger partial charge in [-0.25, -0.2) is 0 Å². The van der Waals surface area contributed by atoms with Crippen LogP contribution in [0.3, 0.4) is 0 Å². The lowest BCUT2D eigenvalue weighted by molar-refractivity contribution is 0.0929. The van der Waals surface area contributed by atoms with Crippen LogP contribution < -0.4 is 10.9 Å². The van der Waals surface area contributed by atoms with Crippen LogP contribution in [0.25, 0.3) is 0 Å². The molecule has 0 spiro atoms. The molecule has 0 unspecified atom stereocenters. The minimum absolute atomic E-state index is 0.0427. The van der Waals surface area contributed by atoms with Gasteiger partial charge in [-0.3, -0.25) is 9.59 Å². The molecule has 0 aliphatic heterocycles. The van der Waals surface area contributed by atoms with Crippen LogP contribution in [0.15, 0.2) is 33.5 Å². The van der Waals surface area contributed by atoms with Gasteiger partial charge in [0.2, 0.25) is 0 Å². The molecule has 144 valence electrons. The van der Waals surface area contributed by atoms with E-state index in [1.807, 2.05) is 45.0 Å². The molecule has 1 aliphatic rings. The van der Waals surface area contributed by atoms with E-state index in [4.69, 9.17) is 11.6 Å². The maximum absolute atomic E-state index is 13.2. The highest BCUT2D eigenvalue weighted by atomic mass is 79.9. The average Bonchev–Trinajstić information content (AvgIpc) is 3.47. The van der Waals surface area contributed by atoms with E-state index >= 15 is 0 Å².